The molecule has 0 aliphatic heterocycles. The van der Waals surface area contributed by atoms with Gasteiger partial charge in [0.15, 0.2) is 0 Å². The molecule has 0 saturated heterocycles. The van der Waals surface area contributed by atoms with Crippen LogP contribution in [-0.4, -0.2) is 6.61 Å². The number of fused-ring (bicyclic) bond motifs is 1. The molecule has 1 radical (unpaired) electrons. The van der Waals surface area contributed by atoms with E-state index in [1.54, 1.807) is 6.07 Å². The second kappa shape index (κ2) is 3.66. The molecule has 0 atom stereocenters. The van der Waals surface area contributed by atoms with Crippen LogP contribution in [0.2, 0.25) is 0 Å². The highest BCUT2D eigenvalue weighted by Gasteiger charge is 1.98. The summed E-state index contributed by atoms with van der Waals surface area (Å²) < 4.78 is 18.1. The number of halogens is 1. The van der Waals surface area contributed by atoms with E-state index >= 15 is 0 Å². The molecule has 0 saturated carbocycles. The Hall–Kier alpha value is -1.57. The van der Waals surface area contributed by atoms with Gasteiger partial charge in [-0.3, -0.25) is 0 Å². The molecule has 0 N–H and O–H groups in total. The molecular formula is C12H10FO. The largest absolute Gasteiger partial charge is 0.494 e. The van der Waals surface area contributed by atoms with Crippen LogP contribution in [0.25, 0.3) is 10.8 Å². The maximum atomic E-state index is 12.9. The summed E-state index contributed by atoms with van der Waals surface area (Å²) in [6.07, 6.45) is 0. The third kappa shape index (κ3) is 1.69. The van der Waals surface area contributed by atoms with E-state index in [1.165, 1.54) is 12.1 Å². The van der Waals surface area contributed by atoms with Crippen LogP contribution in [-0.2, 0) is 0 Å². The van der Waals surface area contributed by atoms with Gasteiger partial charge in [0.05, 0.1) is 6.61 Å². The molecule has 71 valence electrons. The van der Waals surface area contributed by atoms with Gasteiger partial charge in [0, 0.05) is 0 Å². The van der Waals surface area contributed by atoms with E-state index < -0.39 is 0 Å². The topological polar surface area (TPSA) is 9.23 Å². The molecule has 0 heterocycles. The fourth-order valence-electron chi connectivity index (χ4n) is 1.40. The molecule has 0 fully saturated rings. The zero-order valence-electron chi connectivity index (χ0n) is 7.66. The van der Waals surface area contributed by atoms with Gasteiger partial charge in [-0.15, -0.1) is 0 Å². The Morgan fingerprint density at radius 2 is 1.86 bits per heavy atom. The summed E-state index contributed by atoms with van der Waals surface area (Å²) in [6.45, 7) is 3.96. The van der Waals surface area contributed by atoms with E-state index in [1.807, 2.05) is 18.2 Å². The Bertz CT molecular complexity index is 451. The molecule has 0 spiro atoms. The van der Waals surface area contributed by atoms with Crippen molar-refractivity contribution in [3.8, 4) is 5.75 Å². The second-order valence-corrected chi connectivity index (χ2v) is 3.00. The minimum absolute atomic E-state index is 0.232. The van der Waals surface area contributed by atoms with E-state index in [0.717, 1.165) is 16.5 Å². The number of ether oxygens (including phenoxy) is 1. The molecule has 0 amide bonds. The fourth-order valence-corrected chi connectivity index (χ4v) is 1.40. The van der Waals surface area contributed by atoms with Gasteiger partial charge in [0.25, 0.3) is 0 Å². The normalized spacial score (nSPS) is 10.4. The fraction of sp³-hybridized carbons (Fsp3) is 0.0833. The van der Waals surface area contributed by atoms with Crippen LogP contribution in [0.5, 0.6) is 5.75 Å². The Labute approximate surface area is 82.1 Å². The summed E-state index contributed by atoms with van der Waals surface area (Å²) in [7, 11) is 0. The van der Waals surface area contributed by atoms with Crippen molar-refractivity contribution in [2.24, 2.45) is 0 Å². The summed E-state index contributed by atoms with van der Waals surface area (Å²) in [6, 6.07) is 10.3. The molecule has 2 heteroatoms. The van der Waals surface area contributed by atoms with Crippen molar-refractivity contribution in [3.05, 3.63) is 49.1 Å². The summed E-state index contributed by atoms with van der Waals surface area (Å²) in [5.74, 6) is 0.488. The second-order valence-electron chi connectivity index (χ2n) is 3.00. The number of rotatable bonds is 2. The lowest BCUT2D eigenvalue weighted by Gasteiger charge is -2.04. The predicted molar refractivity (Wildman–Crippen MR) is 54.8 cm³/mol. The van der Waals surface area contributed by atoms with Gasteiger partial charge in [-0.25, -0.2) is 4.39 Å². The lowest BCUT2D eigenvalue weighted by Crippen LogP contribution is -1.91. The van der Waals surface area contributed by atoms with E-state index in [-0.39, 0.29) is 5.82 Å². The molecular weight excluding hydrogens is 179 g/mol. The third-order valence-corrected chi connectivity index (χ3v) is 2.04. The minimum Gasteiger partial charge on any atom is -0.494 e. The maximum absolute atomic E-state index is 12.9. The first-order valence-corrected chi connectivity index (χ1v) is 4.41. The highest BCUT2D eigenvalue weighted by atomic mass is 19.1. The van der Waals surface area contributed by atoms with Crippen LogP contribution in [0.15, 0.2) is 36.4 Å². The molecule has 2 rings (SSSR count). The van der Waals surface area contributed by atoms with Crippen LogP contribution in [0.3, 0.4) is 0 Å². The Balaban J connectivity index is 2.52. The zero-order valence-corrected chi connectivity index (χ0v) is 7.66. The van der Waals surface area contributed by atoms with E-state index in [0.29, 0.717) is 6.61 Å². The highest BCUT2D eigenvalue weighted by molar-refractivity contribution is 5.83. The quantitative estimate of drug-likeness (QED) is 0.705. The zero-order chi connectivity index (χ0) is 9.97. The van der Waals surface area contributed by atoms with Crippen molar-refractivity contribution in [1.82, 2.24) is 0 Å². The lowest BCUT2D eigenvalue weighted by atomic mass is 10.1. The number of benzene rings is 2. The molecule has 0 unspecified atom stereocenters. The van der Waals surface area contributed by atoms with Gasteiger partial charge in [0.1, 0.15) is 11.6 Å². The average molecular weight is 189 g/mol. The molecule has 0 aliphatic rings. The summed E-state index contributed by atoms with van der Waals surface area (Å²) in [4.78, 5) is 0. The summed E-state index contributed by atoms with van der Waals surface area (Å²) in [5.41, 5.74) is 0. The van der Waals surface area contributed by atoms with Crippen LogP contribution in [0.4, 0.5) is 4.39 Å². The van der Waals surface area contributed by atoms with Crippen LogP contribution in [0, 0.1) is 12.7 Å². The maximum Gasteiger partial charge on any atom is 0.123 e. The first kappa shape index (κ1) is 9.00. The standard InChI is InChI=1S/C12H10FO/c1-2-14-12-6-4-9-3-5-11(13)7-10(9)8-12/h3-8H,1-2H2. The highest BCUT2D eigenvalue weighted by Crippen LogP contribution is 2.21. The van der Waals surface area contributed by atoms with Gasteiger partial charge in [-0.05, 0) is 42.0 Å². The Morgan fingerprint density at radius 1 is 1.07 bits per heavy atom. The van der Waals surface area contributed by atoms with Crippen LogP contribution >= 0.6 is 0 Å². The first-order chi connectivity index (χ1) is 6.79. The SMILES string of the molecule is [CH2]COc1ccc2ccc(F)cc2c1. The van der Waals surface area contributed by atoms with Crippen LogP contribution < -0.4 is 4.74 Å². The average Bonchev–Trinajstić information content (AvgIpc) is 2.17. The molecule has 2 aromatic carbocycles. The van der Waals surface area contributed by atoms with Crippen molar-refractivity contribution < 1.29 is 9.13 Å². The minimum atomic E-state index is -0.232. The van der Waals surface area contributed by atoms with Gasteiger partial charge in [-0.1, -0.05) is 12.1 Å². The third-order valence-electron chi connectivity index (χ3n) is 2.04. The summed E-state index contributed by atoms with van der Waals surface area (Å²) >= 11 is 0. The number of hydrogen-bond donors (Lipinski definition) is 0. The van der Waals surface area contributed by atoms with Crippen molar-refractivity contribution in [1.29, 1.82) is 0 Å². The Morgan fingerprint density at radius 3 is 2.64 bits per heavy atom. The van der Waals surface area contributed by atoms with Crippen molar-refractivity contribution in [3.63, 3.8) is 0 Å². The molecule has 0 aliphatic carbocycles. The van der Waals surface area contributed by atoms with Gasteiger partial charge < -0.3 is 4.74 Å². The van der Waals surface area contributed by atoms with Gasteiger partial charge in [-0.2, -0.15) is 0 Å². The van der Waals surface area contributed by atoms with Gasteiger partial charge >= 0.3 is 0 Å². The summed E-state index contributed by atoms with van der Waals surface area (Å²) in [5, 5.41) is 1.85. The van der Waals surface area contributed by atoms with Crippen molar-refractivity contribution in [2.75, 3.05) is 6.61 Å². The van der Waals surface area contributed by atoms with Crippen molar-refractivity contribution >= 4 is 10.8 Å². The molecule has 0 aromatic heterocycles. The monoisotopic (exact) mass is 189 g/mol. The Kier molecular flexibility index (Phi) is 2.35. The molecule has 0 bridgehead atoms. The van der Waals surface area contributed by atoms with Crippen LogP contribution in [0.1, 0.15) is 0 Å². The lowest BCUT2D eigenvalue weighted by molar-refractivity contribution is 0.361. The molecule has 1 nitrogen and oxygen atoms in total. The smallest absolute Gasteiger partial charge is 0.123 e. The van der Waals surface area contributed by atoms with E-state index in [2.05, 4.69) is 6.92 Å². The predicted octanol–water partition coefficient (Wildman–Crippen LogP) is 3.19. The van der Waals surface area contributed by atoms with E-state index in [9.17, 15) is 4.39 Å². The molecule has 14 heavy (non-hydrogen) atoms. The van der Waals surface area contributed by atoms with Gasteiger partial charge in [0.2, 0.25) is 0 Å². The first-order valence-electron chi connectivity index (χ1n) is 4.41. The number of hydrogen-bond acceptors (Lipinski definition) is 1. The van der Waals surface area contributed by atoms with Crippen molar-refractivity contribution in [2.45, 2.75) is 0 Å². The molecule has 2 aromatic rings. The van der Waals surface area contributed by atoms with E-state index in [4.69, 9.17) is 4.74 Å².